The second-order valence-electron chi connectivity index (χ2n) is 6.61. The number of benzene rings is 2. The van der Waals surface area contributed by atoms with Crippen molar-refractivity contribution in [2.45, 2.75) is 5.16 Å². The maximum atomic E-state index is 12.5. The van der Waals surface area contributed by atoms with Gasteiger partial charge in [-0.25, -0.2) is 0 Å². The molecule has 32 heavy (non-hydrogen) atoms. The molecule has 9 nitrogen and oxygen atoms in total. The number of ether oxygens (including phenoxy) is 3. The molecule has 0 aliphatic carbocycles. The van der Waals surface area contributed by atoms with Gasteiger partial charge >= 0.3 is 0 Å². The molecule has 10 heteroatoms. The van der Waals surface area contributed by atoms with E-state index in [4.69, 9.17) is 14.2 Å². The zero-order valence-corrected chi connectivity index (χ0v) is 18.5. The Balaban J connectivity index is 1.48. The fraction of sp³-hybridized carbons (Fsp3) is 0.182. The third kappa shape index (κ3) is 4.59. The van der Waals surface area contributed by atoms with Crippen LogP contribution in [-0.4, -0.2) is 52.8 Å². The van der Waals surface area contributed by atoms with Crippen LogP contribution in [0.15, 0.2) is 59.8 Å². The molecule has 0 radical (unpaired) electrons. The van der Waals surface area contributed by atoms with Crippen LogP contribution in [0.4, 0.5) is 5.69 Å². The zero-order chi connectivity index (χ0) is 22.5. The van der Waals surface area contributed by atoms with Crippen molar-refractivity contribution in [2.24, 2.45) is 0 Å². The highest BCUT2D eigenvalue weighted by atomic mass is 32.2. The Labute approximate surface area is 188 Å². The fourth-order valence-electron chi connectivity index (χ4n) is 3.04. The number of carbonyl (C=O) groups is 1. The lowest BCUT2D eigenvalue weighted by Crippen LogP contribution is -2.14. The smallest absolute Gasteiger partial charge is 0.234 e. The van der Waals surface area contributed by atoms with E-state index in [2.05, 4.69) is 20.6 Å². The Morgan fingerprint density at radius 1 is 0.969 bits per heavy atom. The van der Waals surface area contributed by atoms with Gasteiger partial charge in [-0.2, -0.15) is 9.61 Å². The highest BCUT2D eigenvalue weighted by molar-refractivity contribution is 7.99. The lowest BCUT2D eigenvalue weighted by atomic mass is 10.1. The summed E-state index contributed by atoms with van der Waals surface area (Å²) in [6.07, 6.45) is 0. The lowest BCUT2D eigenvalue weighted by molar-refractivity contribution is -0.113. The first-order valence-corrected chi connectivity index (χ1v) is 10.6. The number of rotatable bonds is 8. The monoisotopic (exact) mass is 451 g/mol. The molecular formula is C22H21N5O4S. The van der Waals surface area contributed by atoms with Crippen LogP contribution in [0.2, 0.25) is 0 Å². The molecule has 2 heterocycles. The van der Waals surface area contributed by atoms with Crippen molar-refractivity contribution >= 4 is 29.0 Å². The van der Waals surface area contributed by atoms with Crippen LogP contribution in [0.5, 0.6) is 17.2 Å². The molecule has 2 aromatic carbocycles. The number of thioether (sulfide) groups is 1. The summed E-state index contributed by atoms with van der Waals surface area (Å²) in [7, 11) is 4.73. The highest BCUT2D eigenvalue weighted by Crippen LogP contribution is 2.30. The maximum Gasteiger partial charge on any atom is 0.234 e. The maximum absolute atomic E-state index is 12.5. The van der Waals surface area contributed by atoms with Gasteiger partial charge in [0, 0.05) is 17.3 Å². The normalized spacial score (nSPS) is 10.7. The zero-order valence-electron chi connectivity index (χ0n) is 17.7. The number of carbonyl (C=O) groups excluding carboxylic acids is 1. The minimum absolute atomic E-state index is 0.139. The number of hydrogen-bond acceptors (Lipinski definition) is 8. The average molecular weight is 452 g/mol. The van der Waals surface area contributed by atoms with E-state index in [1.807, 2.05) is 36.4 Å². The molecule has 0 aliphatic heterocycles. The topological polar surface area (TPSA) is 99.9 Å². The number of hydrogen-bond donors (Lipinski definition) is 1. The standard InChI is InChI=1S/C22H21N5O4S/c1-29-16-6-4-5-14(11-16)17-8-10-20-24-25-22(27(20)26-17)32-13-21(28)23-15-7-9-18(30-2)19(12-15)31-3/h4-12H,13H2,1-3H3,(H,23,28). The Morgan fingerprint density at radius 3 is 2.59 bits per heavy atom. The number of fused-ring (bicyclic) bond motifs is 1. The van der Waals surface area contributed by atoms with Gasteiger partial charge in [0.1, 0.15) is 5.75 Å². The molecule has 0 spiro atoms. The molecule has 164 valence electrons. The minimum Gasteiger partial charge on any atom is -0.497 e. The van der Waals surface area contributed by atoms with E-state index in [1.54, 1.807) is 44.0 Å². The lowest BCUT2D eigenvalue weighted by Gasteiger charge is -2.10. The first kappa shape index (κ1) is 21.4. The summed E-state index contributed by atoms with van der Waals surface area (Å²) in [5.74, 6) is 1.82. The molecule has 0 aliphatic rings. The summed E-state index contributed by atoms with van der Waals surface area (Å²) in [6.45, 7) is 0. The van der Waals surface area contributed by atoms with E-state index in [9.17, 15) is 4.79 Å². The van der Waals surface area contributed by atoms with E-state index in [0.717, 1.165) is 17.0 Å². The Kier molecular flexibility index (Phi) is 6.41. The van der Waals surface area contributed by atoms with Gasteiger partial charge in [-0.1, -0.05) is 23.9 Å². The van der Waals surface area contributed by atoms with E-state index >= 15 is 0 Å². The van der Waals surface area contributed by atoms with E-state index in [1.165, 1.54) is 11.8 Å². The third-order valence-corrected chi connectivity index (χ3v) is 5.52. The SMILES string of the molecule is COc1cccc(-c2ccc3nnc(SCC(=O)Nc4ccc(OC)c(OC)c4)n3n2)c1. The first-order valence-electron chi connectivity index (χ1n) is 9.63. The van der Waals surface area contributed by atoms with Gasteiger partial charge in [0.15, 0.2) is 17.1 Å². The molecular weight excluding hydrogens is 430 g/mol. The van der Waals surface area contributed by atoms with Crippen LogP contribution in [0.1, 0.15) is 0 Å². The van der Waals surface area contributed by atoms with Crippen molar-refractivity contribution in [2.75, 3.05) is 32.4 Å². The summed E-state index contributed by atoms with van der Waals surface area (Å²) < 4.78 is 17.4. The summed E-state index contributed by atoms with van der Waals surface area (Å²) in [5, 5.41) is 16.3. The van der Waals surface area contributed by atoms with E-state index < -0.39 is 0 Å². The molecule has 0 atom stereocenters. The third-order valence-electron chi connectivity index (χ3n) is 4.60. The number of nitrogens with zero attached hydrogens (tertiary/aromatic N) is 4. The molecule has 0 unspecified atom stereocenters. The van der Waals surface area contributed by atoms with Crippen LogP contribution in [0, 0.1) is 0 Å². The molecule has 1 amide bonds. The van der Waals surface area contributed by atoms with Gasteiger partial charge in [-0.3, -0.25) is 4.79 Å². The van der Waals surface area contributed by atoms with Crippen LogP contribution in [0.3, 0.4) is 0 Å². The van der Waals surface area contributed by atoms with Crippen LogP contribution in [-0.2, 0) is 4.79 Å². The summed E-state index contributed by atoms with van der Waals surface area (Å²) in [4.78, 5) is 12.5. The Morgan fingerprint density at radius 2 is 1.81 bits per heavy atom. The van der Waals surface area contributed by atoms with Crippen molar-refractivity contribution in [1.82, 2.24) is 19.8 Å². The molecule has 2 aromatic heterocycles. The Bertz CT molecular complexity index is 1260. The number of methoxy groups -OCH3 is 3. The molecule has 1 N–H and O–H groups in total. The first-order chi connectivity index (χ1) is 15.6. The minimum atomic E-state index is -0.192. The van der Waals surface area contributed by atoms with Gasteiger partial charge in [-0.05, 0) is 36.4 Å². The summed E-state index contributed by atoms with van der Waals surface area (Å²) in [6, 6.07) is 16.5. The molecule has 4 aromatic rings. The van der Waals surface area contributed by atoms with Crippen LogP contribution < -0.4 is 19.5 Å². The number of nitrogens with one attached hydrogen (secondary N) is 1. The van der Waals surface area contributed by atoms with Gasteiger partial charge < -0.3 is 19.5 Å². The van der Waals surface area contributed by atoms with Crippen molar-refractivity contribution in [3.63, 3.8) is 0 Å². The van der Waals surface area contributed by atoms with Gasteiger partial charge in [0.25, 0.3) is 0 Å². The Hall–Kier alpha value is -3.79. The van der Waals surface area contributed by atoms with E-state index in [0.29, 0.717) is 28.0 Å². The van der Waals surface area contributed by atoms with Gasteiger partial charge in [0.2, 0.25) is 11.1 Å². The summed E-state index contributed by atoms with van der Waals surface area (Å²) >= 11 is 1.25. The molecule has 0 bridgehead atoms. The second kappa shape index (κ2) is 9.56. The van der Waals surface area contributed by atoms with Crippen LogP contribution in [0.25, 0.3) is 16.9 Å². The number of amides is 1. The summed E-state index contributed by atoms with van der Waals surface area (Å²) in [5.41, 5.74) is 2.85. The highest BCUT2D eigenvalue weighted by Gasteiger charge is 2.13. The predicted octanol–water partition coefficient (Wildman–Crippen LogP) is 3.55. The number of anilines is 1. The quantitative estimate of drug-likeness (QED) is 0.406. The molecule has 0 fully saturated rings. The van der Waals surface area contributed by atoms with E-state index in [-0.39, 0.29) is 11.7 Å². The van der Waals surface area contributed by atoms with Crippen molar-refractivity contribution in [3.05, 3.63) is 54.6 Å². The molecule has 0 saturated heterocycles. The fourth-order valence-corrected chi connectivity index (χ4v) is 3.72. The number of aromatic nitrogens is 4. The van der Waals surface area contributed by atoms with Gasteiger partial charge in [-0.15, -0.1) is 10.2 Å². The van der Waals surface area contributed by atoms with Crippen molar-refractivity contribution < 1.29 is 19.0 Å². The van der Waals surface area contributed by atoms with Crippen molar-refractivity contribution in [3.8, 4) is 28.5 Å². The van der Waals surface area contributed by atoms with Gasteiger partial charge in [0.05, 0.1) is 32.8 Å². The van der Waals surface area contributed by atoms with Crippen molar-refractivity contribution in [1.29, 1.82) is 0 Å². The second-order valence-corrected chi connectivity index (χ2v) is 7.55. The largest absolute Gasteiger partial charge is 0.497 e. The molecule has 0 saturated carbocycles. The van der Waals surface area contributed by atoms with Crippen LogP contribution >= 0.6 is 11.8 Å². The average Bonchev–Trinajstić information content (AvgIpc) is 3.25. The molecule has 4 rings (SSSR count). The predicted molar refractivity (Wildman–Crippen MR) is 122 cm³/mol.